The predicted molar refractivity (Wildman–Crippen MR) is 82.0 cm³/mol. The molecule has 0 aliphatic heterocycles. The molecule has 3 rings (SSSR count). The fraction of sp³-hybridized carbons (Fsp3) is 0.188. The van der Waals surface area contributed by atoms with Crippen molar-refractivity contribution in [2.24, 2.45) is 0 Å². The Morgan fingerprint density at radius 3 is 2.38 bits per heavy atom. The fourth-order valence-corrected chi connectivity index (χ4v) is 2.18. The van der Waals surface area contributed by atoms with Gasteiger partial charge < -0.3 is 10.4 Å². The first-order valence-corrected chi connectivity index (χ1v) is 6.86. The molecule has 5 nitrogen and oxygen atoms in total. The molecule has 1 unspecified atom stereocenters. The molecule has 0 fully saturated rings. The lowest BCUT2D eigenvalue weighted by atomic mass is 10.1. The minimum atomic E-state index is -0.143. The summed E-state index contributed by atoms with van der Waals surface area (Å²) < 4.78 is 0. The number of rotatable bonds is 5. The van der Waals surface area contributed by atoms with Crippen LogP contribution >= 0.6 is 0 Å². The summed E-state index contributed by atoms with van der Waals surface area (Å²) in [7, 11) is 0. The van der Waals surface area contributed by atoms with E-state index < -0.39 is 0 Å². The van der Waals surface area contributed by atoms with Gasteiger partial charge in [-0.15, -0.1) is 10.2 Å². The molecule has 2 N–H and O–H groups in total. The number of para-hydroxylation sites is 1. The molecule has 0 amide bonds. The summed E-state index contributed by atoms with van der Waals surface area (Å²) in [6.45, 7) is 0.00504. The van der Waals surface area contributed by atoms with Gasteiger partial charge in [0.1, 0.15) is 5.52 Å². The number of hydrogen-bond acceptors (Lipinski definition) is 5. The van der Waals surface area contributed by atoms with E-state index in [1.54, 1.807) is 0 Å². The molecule has 1 atom stereocenters. The van der Waals surface area contributed by atoms with Crippen LogP contribution in [0.4, 0.5) is 5.95 Å². The highest BCUT2D eigenvalue weighted by Gasteiger charge is 2.10. The van der Waals surface area contributed by atoms with Crippen LogP contribution in [-0.4, -0.2) is 32.9 Å². The number of aromatic nitrogens is 3. The fourth-order valence-electron chi connectivity index (χ4n) is 2.18. The number of anilines is 1. The van der Waals surface area contributed by atoms with Crippen LogP contribution in [0.5, 0.6) is 0 Å². The van der Waals surface area contributed by atoms with Crippen LogP contribution < -0.4 is 5.32 Å². The summed E-state index contributed by atoms with van der Waals surface area (Å²) in [5.41, 5.74) is 2.69. The van der Waals surface area contributed by atoms with E-state index >= 15 is 0 Å². The van der Waals surface area contributed by atoms with Gasteiger partial charge in [-0.3, -0.25) is 0 Å². The third-order valence-electron chi connectivity index (χ3n) is 3.24. The van der Waals surface area contributed by atoms with Gasteiger partial charge >= 0.3 is 0 Å². The van der Waals surface area contributed by atoms with Crippen LogP contribution in [0.15, 0.2) is 54.6 Å². The zero-order valence-corrected chi connectivity index (χ0v) is 11.5. The Morgan fingerprint density at radius 1 is 0.905 bits per heavy atom. The maximum Gasteiger partial charge on any atom is 0.243 e. The third-order valence-corrected chi connectivity index (χ3v) is 3.24. The molecular weight excluding hydrogens is 264 g/mol. The maximum atomic E-state index is 9.52. The van der Waals surface area contributed by atoms with Crippen LogP contribution in [0.25, 0.3) is 11.0 Å². The van der Waals surface area contributed by atoms with Crippen LogP contribution in [-0.2, 0) is 6.42 Å². The summed E-state index contributed by atoms with van der Waals surface area (Å²) in [5.74, 6) is 0.434. The first kappa shape index (κ1) is 13.5. The summed E-state index contributed by atoms with van der Waals surface area (Å²) in [4.78, 5) is 4.41. The summed E-state index contributed by atoms with van der Waals surface area (Å²) in [5, 5.41) is 20.8. The lowest BCUT2D eigenvalue weighted by Crippen LogP contribution is -2.27. The average Bonchev–Trinajstić information content (AvgIpc) is 2.55. The van der Waals surface area contributed by atoms with Gasteiger partial charge in [-0.2, -0.15) is 0 Å². The van der Waals surface area contributed by atoms with Crippen molar-refractivity contribution in [1.82, 2.24) is 15.2 Å². The largest absolute Gasteiger partial charge is 0.394 e. The quantitative estimate of drug-likeness (QED) is 0.748. The van der Waals surface area contributed by atoms with Gasteiger partial charge in [0.15, 0.2) is 0 Å². The van der Waals surface area contributed by atoms with Crippen LogP contribution in [0.3, 0.4) is 0 Å². The molecular formula is C16H16N4O. The molecule has 3 aromatic rings. The van der Waals surface area contributed by atoms with Gasteiger partial charge in [0.25, 0.3) is 0 Å². The Morgan fingerprint density at radius 2 is 1.62 bits per heavy atom. The summed E-state index contributed by atoms with van der Waals surface area (Å²) in [6, 6.07) is 17.4. The first-order valence-electron chi connectivity index (χ1n) is 6.86. The number of aliphatic hydroxyl groups is 1. The SMILES string of the molecule is OCC(Cc1ccccc1)Nc1nnc2ccccc2n1. The minimum absolute atomic E-state index is 0.00504. The second kappa shape index (κ2) is 6.28. The van der Waals surface area contributed by atoms with E-state index in [9.17, 15) is 5.11 Å². The highest BCUT2D eigenvalue weighted by atomic mass is 16.3. The normalized spacial score (nSPS) is 12.2. The molecule has 0 aliphatic carbocycles. The molecule has 0 radical (unpaired) electrons. The van der Waals surface area contributed by atoms with Crippen LogP contribution in [0.2, 0.25) is 0 Å². The molecule has 5 heteroatoms. The third kappa shape index (κ3) is 3.32. The minimum Gasteiger partial charge on any atom is -0.394 e. The Hall–Kier alpha value is -2.53. The average molecular weight is 280 g/mol. The van der Waals surface area contributed by atoms with E-state index in [4.69, 9.17) is 0 Å². The van der Waals surface area contributed by atoms with Crippen molar-refractivity contribution in [3.05, 3.63) is 60.2 Å². The number of fused-ring (bicyclic) bond motifs is 1. The molecule has 0 saturated heterocycles. The highest BCUT2D eigenvalue weighted by Crippen LogP contribution is 2.11. The molecule has 106 valence electrons. The highest BCUT2D eigenvalue weighted by molar-refractivity contribution is 5.74. The number of nitrogens with zero attached hydrogens (tertiary/aromatic N) is 3. The van der Waals surface area contributed by atoms with E-state index in [0.29, 0.717) is 12.4 Å². The van der Waals surface area contributed by atoms with Gasteiger partial charge in [-0.25, -0.2) is 4.98 Å². The summed E-state index contributed by atoms with van der Waals surface area (Å²) in [6.07, 6.45) is 0.702. The van der Waals surface area contributed by atoms with Crippen molar-refractivity contribution < 1.29 is 5.11 Å². The van der Waals surface area contributed by atoms with Crippen molar-refractivity contribution in [3.8, 4) is 0 Å². The van der Waals surface area contributed by atoms with Gasteiger partial charge in [0, 0.05) is 0 Å². The standard InChI is InChI=1S/C16H16N4O/c21-11-13(10-12-6-2-1-3-7-12)17-16-18-14-8-4-5-9-15(14)19-20-16/h1-9,13,21H,10-11H2,(H,17,18,20). The second-order valence-electron chi connectivity index (χ2n) is 4.84. The number of aliphatic hydroxyl groups excluding tert-OH is 1. The number of nitrogens with one attached hydrogen (secondary N) is 1. The zero-order valence-electron chi connectivity index (χ0n) is 11.5. The topological polar surface area (TPSA) is 70.9 Å². The van der Waals surface area contributed by atoms with E-state index in [2.05, 4.69) is 20.5 Å². The van der Waals surface area contributed by atoms with Crippen LogP contribution in [0, 0.1) is 0 Å². The second-order valence-corrected chi connectivity index (χ2v) is 4.84. The van der Waals surface area contributed by atoms with Crippen molar-refractivity contribution >= 4 is 17.0 Å². The molecule has 0 spiro atoms. The number of benzene rings is 2. The first-order chi connectivity index (χ1) is 10.3. The maximum absolute atomic E-state index is 9.52. The Balaban J connectivity index is 1.76. The zero-order chi connectivity index (χ0) is 14.5. The Bertz CT molecular complexity index is 718. The smallest absolute Gasteiger partial charge is 0.243 e. The van der Waals surface area contributed by atoms with Gasteiger partial charge in [0.05, 0.1) is 18.2 Å². The van der Waals surface area contributed by atoms with Gasteiger partial charge in [-0.05, 0) is 24.1 Å². The van der Waals surface area contributed by atoms with Gasteiger partial charge in [-0.1, -0.05) is 42.5 Å². The van der Waals surface area contributed by atoms with Crippen molar-refractivity contribution in [1.29, 1.82) is 0 Å². The monoisotopic (exact) mass is 280 g/mol. The molecule has 2 aromatic carbocycles. The van der Waals surface area contributed by atoms with Crippen molar-refractivity contribution in [2.45, 2.75) is 12.5 Å². The van der Waals surface area contributed by atoms with Gasteiger partial charge in [0.2, 0.25) is 5.95 Å². The molecule has 0 aliphatic rings. The lowest BCUT2D eigenvalue weighted by Gasteiger charge is -2.16. The Labute approximate surface area is 122 Å². The molecule has 0 saturated carbocycles. The van der Waals surface area contributed by atoms with Crippen LogP contribution in [0.1, 0.15) is 5.56 Å². The van der Waals surface area contributed by atoms with Crippen molar-refractivity contribution in [2.75, 3.05) is 11.9 Å². The molecule has 0 bridgehead atoms. The van der Waals surface area contributed by atoms with E-state index in [-0.39, 0.29) is 12.6 Å². The van der Waals surface area contributed by atoms with E-state index in [0.717, 1.165) is 16.6 Å². The molecule has 1 heterocycles. The predicted octanol–water partition coefficient (Wildman–Crippen LogP) is 2.04. The molecule has 1 aromatic heterocycles. The van der Waals surface area contributed by atoms with E-state index in [1.165, 1.54) is 0 Å². The summed E-state index contributed by atoms with van der Waals surface area (Å²) >= 11 is 0. The Kier molecular flexibility index (Phi) is 4.02. The number of hydrogen-bond donors (Lipinski definition) is 2. The lowest BCUT2D eigenvalue weighted by molar-refractivity contribution is 0.273. The van der Waals surface area contributed by atoms with Crippen molar-refractivity contribution in [3.63, 3.8) is 0 Å². The van der Waals surface area contributed by atoms with E-state index in [1.807, 2.05) is 54.6 Å². The molecule has 21 heavy (non-hydrogen) atoms.